The molecule has 0 saturated heterocycles. The Morgan fingerprint density at radius 1 is 1.12 bits per heavy atom. The van der Waals surface area contributed by atoms with Crippen molar-refractivity contribution in [2.45, 2.75) is 42.8 Å². The van der Waals surface area contributed by atoms with Crippen LogP contribution in [0.5, 0.6) is 5.75 Å². The molecular formula is C16H22F3NO4S. The lowest BCUT2D eigenvalue weighted by Crippen LogP contribution is -2.47. The van der Waals surface area contributed by atoms with E-state index in [0.717, 1.165) is 0 Å². The standard InChI is InChI=1S/C16H22F3NO4S/c1-23-10-11-24-12-6-8-13(9-7-12)25(21,22)20-15-5-3-2-4-14(15)16(17,18)19/h6-9,14-15,20H,2-5,10-11H2,1H3. The zero-order valence-corrected chi connectivity index (χ0v) is 14.7. The molecule has 2 rings (SSSR count). The minimum Gasteiger partial charge on any atom is -0.491 e. The SMILES string of the molecule is COCCOc1ccc(S(=O)(=O)NC2CCCCC2C(F)(F)F)cc1. The Kier molecular flexibility index (Phi) is 6.70. The first-order chi connectivity index (χ1) is 11.7. The van der Waals surface area contributed by atoms with Gasteiger partial charge in [-0.2, -0.15) is 13.2 Å². The topological polar surface area (TPSA) is 64.6 Å². The molecule has 0 bridgehead atoms. The van der Waals surface area contributed by atoms with Gasteiger partial charge in [-0.15, -0.1) is 0 Å². The molecule has 1 aromatic rings. The third kappa shape index (κ3) is 5.58. The maximum atomic E-state index is 13.1. The molecule has 1 fully saturated rings. The van der Waals surface area contributed by atoms with Crippen molar-refractivity contribution >= 4 is 10.0 Å². The lowest BCUT2D eigenvalue weighted by atomic mass is 9.85. The second-order valence-corrected chi connectivity index (χ2v) is 7.69. The fourth-order valence-electron chi connectivity index (χ4n) is 2.89. The van der Waals surface area contributed by atoms with Crippen molar-refractivity contribution in [1.29, 1.82) is 0 Å². The second-order valence-electron chi connectivity index (χ2n) is 5.97. The highest BCUT2D eigenvalue weighted by atomic mass is 32.2. The molecule has 25 heavy (non-hydrogen) atoms. The van der Waals surface area contributed by atoms with Crippen LogP contribution in [0.2, 0.25) is 0 Å². The number of hydrogen-bond donors (Lipinski definition) is 1. The van der Waals surface area contributed by atoms with Crippen molar-refractivity contribution in [3.63, 3.8) is 0 Å². The summed E-state index contributed by atoms with van der Waals surface area (Å²) in [7, 11) is -2.49. The van der Waals surface area contributed by atoms with Gasteiger partial charge in [0.25, 0.3) is 0 Å². The lowest BCUT2D eigenvalue weighted by molar-refractivity contribution is -0.187. The Morgan fingerprint density at radius 3 is 2.36 bits per heavy atom. The van der Waals surface area contributed by atoms with Crippen LogP contribution in [0.25, 0.3) is 0 Å². The number of hydrogen-bond acceptors (Lipinski definition) is 4. The number of ether oxygens (including phenoxy) is 2. The number of benzene rings is 1. The number of sulfonamides is 1. The van der Waals surface area contributed by atoms with Crippen molar-refractivity contribution < 1.29 is 31.1 Å². The molecule has 0 spiro atoms. The van der Waals surface area contributed by atoms with Gasteiger partial charge in [-0.25, -0.2) is 13.1 Å². The van der Waals surface area contributed by atoms with Crippen LogP contribution >= 0.6 is 0 Å². The van der Waals surface area contributed by atoms with Gasteiger partial charge in [0.2, 0.25) is 10.0 Å². The monoisotopic (exact) mass is 381 g/mol. The van der Waals surface area contributed by atoms with Gasteiger partial charge >= 0.3 is 6.18 Å². The van der Waals surface area contributed by atoms with E-state index >= 15 is 0 Å². The molecule has 5 nitrogen and oxygen atoms in total. The maximum absolute atomic E-state index is 13.1. The predicted molar refractivity (Wildman–Crippen MR) is 85.9 cm³/mol. The third-order valence-electron chi connectivity index (χ3n) is 4.18. The Labute approximate surface area is 145 Å². The highest BCUT2D eigenvalue weighted by Gasteiger charge is 2.46. The van der Waals surface area contributed by atoms with E-state index in [0.29, 0.717) is 31.8 Å². The summed E-state index contributed by atoms with van der Waals surface area (Å²) in [5.41, 5.74) is 0. The second kappa shape index (κ2) is 8.37. The molecule has 1 saturated carbocycles. The van der Waals surface area contributed by atoms with E-state index in [4.69, 9.17) is 9.47 Å². The highest BCUT2D eigenvalue weighted by Crippen LogP contribution is 2.38. The largest absolute Gasteiger partial charge is 0.491 e. The fraction of sp³-hybridized carbons (Fsp3) is 0.625. The summed E-state index contributed by atoms with van der Waals surface area (Å²) >= 11 is 0. The van der Waals surface area contributed by atoms with Gasteiger partial charge in [0, 0.05) is 13.2 Å². The van der Waals surface area contributed by atoms with Crippen LogP contribution in [-0.2, 0) is 14.8 Å². The molecule has 142 valence electrons. The Balaban J connectivity index is 2.07. The molecule has 0 radical (unpaired) electrons. The summed E-state index contributed by atoms with van der Waals surface area (Å²) in [4.78, 5) is -0.0851. The van der Waals surface area contributed by atoms with Gasteiger partial charge in [-0.3, -0.25) is 0 Å². The van der Waals surface area contributed by atoms with Gasteiger partial charge in [-0.1, -0.05) is 12.8 Å². The summed E-state index contributed by atoms with van der Waals surface area (Å²) in [6, 6.07) is 4.43. The zero-order valence-electron chi connectivity index (χ0n) is 13.9. The first-order valence-corrected chi connectivity index (χ1v) is 9.53. The predicted octanol–water partition coefficient (Wildman–Crippen LogP) is 3.11. The van der Waals surface area contributed by atoms with Crippen molar-refractivity contribution in [2.75, 3.05) is 20.3 Å². The van der Waals surface area contributed by atoms with Crippen LogP contribution in [0.1, 0.15) is 25.7 Å². The van der Waals surface area contributed by atoms with Crippen LogP contribution < -0.4 is 9.46 Å². The van der Waals surface area contributed by atoms with E-state index in [1.165, 1.54) is 31.4 Å². The van der Waals surface area contributed by atoms with Gasteiger partial charge < -0.3 is 9.47 Å². The van der Waals surface area contributed by atoms with Crippen molar-refractivity contribution in [1.82, 2.24) is 4.72 Å². The van der Waals surface area contributed by atoms with Gasteiger partial charge in [-0.05, 0) is 37.1 Å². The minimum atomic E-state index is -4.41. The first kappa shape index (κ1) is 20.0. The zero-order chi connectivity index (χ0) is 18.5. The van der Waals surface area contributed by atoms with E-state index in [1.807, 2.05) is 0 Å². The van der Waals surface area contributed by atoms with Crippen molar-refractivity contribution in [3.8, 4) is 5.75 Å². The summed E-state index contributed by atoms with van der Waals surface area (Å²) in [6.45, 7) is 0.707. The van der Waals surface area contributed by atoms with Gasteiger partial charge in [0.1, 0.15) is 12.4 Å². The molecule has 9 heteroatoms. The minimum absolute atomic E-state index is 0.0526. The molecule has 2 unspecified atom stereocenters. The molecular weight excluding hydrogens is 359 g/mol. The Morgan fingerprint density at radius 2 is 1.76 bits per heavy atom. The summed E-state index contributed by atoms with van der Waals surface area (Å²) in [6.07, 6.45) is -3.25. The molecule has 1 aliphatic carbocycles. The summed E-state index contributed by atoms with van der Waals surface area (Å²) < 4.78 is 76.5. The number of methoxy groups -OCH3 is 1. The molecule has 1 N–H and O–H groups in total. The Bertz CT molecular complexity index is 646. The van der Waals surface area contributed by atoms with E-state index in [2.05, 4.69) is 4.72 Å². The van der Waals surface area contributed by atoms with E-state index in [1.54, 1.807) is 0 Å². The molecule has 0 aliphatic heterocycles. The van der Waals surface area contributed by atoms with Crippen molar-refractivity contribution in [2.24, 2.45) is 5.92 Å². The number of rotatable bonds is 7. The van der Waals surface area contributed by atoms with Crippen LogP contribution in [0.4, 0.5) is 13.2 Å². The van der Waals surface area contributed by atoms with Gasteiger partial charge in [0.05, 0.1) is 17.4 Å². The number of nitrogens with one attached hydrogen (secondary N) is 1. The van der Waals surface area contributed by atoms with E-state index in [9.17, 15) is 21.6 Å². The molecule has 0 aromatic heterocycles. The molecule has 1 aromatic carbocycles. The average molecular weight is 381 g/mol. The van der Waals surface area contributed by atoms with Crippen LogP contribution in [0, 0.1) is 5.92 Å². The van der Waals surface area contributed by atoms with E-state index in [-0.39, 0.29) is 17.7 Å². The molecule has 2 atom stereocenters. The Hall–Kier alpha value is -1.32. The molecule has 1 aliphatic rings. The van der Waals surface area contributed by atoms with Crippen LogP contribution in [0.3, 0.4) is 0 Å². The van der Waals surface area contributed by atoms with Gasteiger partial charge in [0.15, 0.2) is 0 Å². The smallest absolute Gasteiger partial charge is 0.393 e. The van der Waals surface area contributed by atoms with Crippen LogP contribution in [0.15, 0.2) is 29.2 Å². The van der Waals surface area contributed by atoms with Crippen LogP contribution in [-0.4, -0.2) is 41.0 Å². The molecule has 0 amide bonds. The number of alkyl halides is 3. The lowest BCUT2D eigenvalue weighted by Gasteiger charge is -2.33. The summed E-state index contributed by atoms with van der Waals surface area (Å²) in [5.74, 6) is -1.19. The maximum Gasteiger partial charge on any atom is 0.393 e. The highest BCUT2D eigenvalue weighted by molar-refractivity contribution is 7.89. The fourth-order valence-corrected chi connectivity index (χ4v) is 4.20. The summed E-state index contributed by atoms with van der Waals surface area (Å²) in [5, 5.41) is 0. The molecule has 0 heterocycles. The average Bonchev–Trinajstić information content (AvgIpc) is 2.55. The number of halogens is 3. The van der Waals surface area contributed by atoms with Crippen molar-refractivity contribution in [3.05, 3.63) is 24.3 Å². The quantitative estimate of drug-likeness (QED) is 0.737. The van der Waals surface area contributed by atoms with E-state index < -0.39 is 28.2 Å². The third-order valence-corrected chi connectivity index (χ3v) is 5.69. The normalized spacial score (nSPS) is 21.9. The first-order valence-electron chi connectivity index (χ1n) is 8.05.